The first-order valence-electron chi connectivity index (χ1n) is 4.79. The van der Waals surface area contributed by atoms with Crippen LogP contribution in [0.3, 0.4) is 0 Å². The lowest BCUT2D eigenvalue weighted by Gasteiger charge is -2.28. The van der Waals surface area contributed by atoms with E-state index in [1.165, 1.54) is 0 Å². The molecule has 1 aliphatic rings. The molecule has 78 valence electrons. The van der Waals surface area contributed by atoms with Crippen molar-refractivity contribution in [2.24, 2.45) is 5.92 Å². The van der Waals surface area contributed by atoms with Crippen molar-refractivity contribution < 1.29 is 14.6 Å². The number of piperidine rings is 1. The Morgan fingerprint density at radius 1 is 1.38 bits per heavy atom. The van der Waals surface area contributed by atoms with Gasteiger partial charge in [-0.1, -0.05) is 0 Å². The SMILES string of the molecule is COCCOC1CNCC(CO)C1. The van der Waals surface area contributed by atoms with Crippen LogP contribution in [0.4, 0.5) is 0 Å². The van der Waals surface area contributed by atoms with Crippen LogP contribution in [0.25, 0.3) is 0 Å². The molecule has 0 radical (unpaired) electrons. The molecule has 13 heavy (non-hydrogen) atoms. The van der Waals surface area contributed by atoms with Crippen LogP contribution in [0, 0.1) is 5.92 Å². The molecule has 0 aromatic carbocycles. The van der Waals surface area contributed by atoms with E-state index < -0.39 is 0 Å². The average molecular weight is 189 g/mol. The number of nitrogens with one attached hydrogen (secondary N) is 1. The molecule has 0 aromatic heterocycles. The molecule has 0 aliphatic carbocycles. The second kappa shape index (κ2) is 6.32. The van der Waals surface area contributed by atoms with E-state index in [0.29, 0.717) is 19.1 Å². The normalized spacial score (nSPS) is 29.1. The summed E-state index contributed by atoms with van der Waals surface area (Å²) in [5, 5.41) is 12.2. The molecule has 0 amide bonds. The Labute approximate surface area is 79.2 Å². The molecule has 2 N–H and O–H groups in total. The quantitative estimate of drug-likeness (QED) is 0.579. The highest BCUT2D eigenvalue weighted by Crippen LogP contribution is 2.12. The Kier molecular flexibility index (Phi) is 5.31. The van der Waals surface area contributed by atoms with Crippen molar-refractivity contribution in [1.82, 2.24) is 5.32 Å². The Morgan fingerprint density at radius 2 is 2.23 bits per heavy atom. The average Bonchev–Trinajstić information content (AvgIpc) is 2.19. The van der Waals surface area contributed by atoms with Gasteiger partial charge in [-0.3, -0.25) is 0 Å². The van der Waals surface area contributed by atoms with Gasteiger partial charge in [-0.05, 0) is 12.3 Å². The van der Waals surface area contributed by atoms with Crippen molar-refractivity contribution in [1.29, 1.82) is 0 Å². The van der Waals surface area contributed by atoms with Crippen molar-refractivity contribution in [3.05, 3.63) is 0 Å². The van der Waals surface area contributed by atoms with Crippen LogP contribution in [0.5, 0.6) is 0 Å². The Balaban J connectivity index is 2.11. The smallest absolute Gasteiger partial charge is 0.0704 e. The minimum atomic E-state index is 0.237. The van der Waals surface area contributed by atoms with E-state index in [1.807, 2.05) is 0 Å². The van der Waals surface area contributed by atoms with E-state index in [-0.39, 0.29) is 12.7 Å². The molecule has 4 heteroatoms. The lowest BCUT2D eigenvalue weighted by Crippen LogP contribution is -2.42. The summed E-state index contributed by atoms with van der Waals surface area (Å²) in [6.07, 6.45) is 1.19. The number of hydrogen-bond donors (Lipinski definition) is 2. The lowest BCUT2D eigenvalue weighted by molar-refractivity contribution is -0.0100. The Hall–Kier alpha value is -0.160. The van der Waals surface area contributed by atoms with Gasteiger partial charge in [0.2, 0.25) is 0 Å². The number of ether oxygens (including phenoxy) is 2. The predicted octanol–water partition coefficient (Wildman–Crippen LogP) is -0.380. The number of methoxy groups -OCH3 is 1. The molecule has 0 bridgehead atoms. The zero-order valence-electron chi connectivity index (χ0n) is 8.16. The molecule has 1 aliphatic heterocycles. The fourth-order valence-corrected chi connectivity index (χ4v) is 1.55. The van der Waals surface area contributed by atoms with E-state index >= 15 is 0 Å². The first kappa shape index (κ1) is 10.9. The third kappa shape index (κ3) is 4.04. The van der Waals surface area contributed by atoms with Gasteiger partial charge in [0, 0.05) is 26.8 Å². The summed E-state index contributed by atoms with van der Waals surface area (Å²) < 4.78 is 10.4. The molecule has 2 unspecified atom stereocenters. The van der Waals surface area contributed by atoms with E-state index in [9.17, 15) is 0 Å². The zero-order valence-corrected chi connectivity index (χ0v) is 8.16. The van der Waals surface area contributed by atoms with E-state index in [2.05, 4.69) is 5.32 Å². The summed E-state index contributed by atoms with van der Waals surface area (Å²) in [5.74, 6) is 0.348. The van der Waals surface area contributed by atoms with Crippen molar-refractivity contribution in [3.8, 4) is 0 Å². The maximum Gasteiger partial charge on any atom is 0.0704 e. The van der Waals surface area contributed by atoms with Crippen LogP contribution in [-0.4, -0.2) is 51.2 Å². The third-order valence-corrected chi connectivity index (χ3v) is 2.30. The van der Waals surface area contributed by atoms with Crippen LogP contribution >= 0.6 is 0 Å². The fourth-order valence-electron chi connectivity index (χ4n) is 1.55. The van der Waals surface area contributed by atoms with Crippen molar-refractivity contribution in [3.63, 3.8) is 0 Å². The molecular weight excluding hydrogens is 170 g/mol. The molecule has 1 fully saturated rings. The van der Waals surface area contributed by atoms with Crippen molar-refractivity contribution in [2.75, 3.05) is 40.0 Å². The van der Waals surface area contributed by atoms with Gasteiger partial charge in [0.15, 0.2) is 0 Å². The van der Waals surface area contributed by atoms with Gasteiger partial charge >= 0.3 is 0 Å². The number of rotatable bonds is 5. The predicted molar refractivity (Wildman–Crippen MR) is 49.7 cm³/mol. The highest BCUT2D eigenvalue weighted by Gasteiger charge is 2.20. The third-order valence-electron chi connectivity index (χ3n) is 2.30. The zero-order chi connectivity index (χ0) is 9.52. The maximum absolute atomic E-state index is 8.96. The molecule has 0 aromatic rings. The van der Waals surface area contributed by atoms with Gasteiger partial charge in [0.25, 0.3) is 0 Å². The Bertz CT molecular complexity index is 132. The molecular formula is C9H19NO3. The van der Waals surface area contributed by atoms with Crippen LogP contribution in [0.15, 0.2) is 0 Å². The van der Waals surface area contributed by atoms with Crippen molar-refractivity contribution >= 4 is 0 Å². The fraction of sp³-hybridized carbons (Fsp3) is 1.00. The van der Waals surface area contributed by atoms with E-state index in [0.717, 1.165) is 19.5 Å². The number of aliphatic hydroxyl groups is 1. The van der Waals surface area contributed by atoms with Gasteiger partial charge in [-0.15, -0.1) is 0 Å². The molecule has 4 nitrogen and oxygen atoms in total. The monoisotopic (exact) mass is 189 g/mol. The number of aliphatic hydroxyl groups excluding tert-OH is 1. The summed E-state index contributed by atoms with van der Waals surface area (Å²) in [6, 6.07) is 0. The highest BCUT2D eigenvalue weighted by atomic mass is 16.5. The summed E-state index contributed by atoms with van der Waals surface area (Å²) in [6.45, 7) is 3.32. The summed E-state index contributed by atoms with van der Waals surface area (Å²) in [5.41, 5.74) is 0. The largest absolute Gasteiger partial charge is 0.396 e. The first-order valence-corrected chi connectivity index (χ1v) is 4.79. The molecule has 2 atom stereocenters. The van der Waals surface area contributed by atoms with Gasteiger partial charge in [-0.25, -0.2) is 0 Å². The molecule has 0 saturated carbocycles. The van der Waals surface area contributed by atoms with Crippen LogP contribution in [0.2, 0.25) is 0 Å². The lowest BCUT2D eigenvalue weighted by atomic mass is 9.98. The highest BCUT2D eigenvalue weighted by molar-refractivity contribution is 4.75. The van der Waals surface area contributed by atoms with E-state index in [4.69, 9.17) is 14.6 Å². The second-order valence-corrected chi connectivity index (χ2v) is 3.43. The van der Waals surface area contributed by atoms with Crippen LogP contribution in [-0.2, 0) is 9.47 Å². The molecule has 1 rings (SSSR count). The first-order chi connectivity index (χ1) is 6.36. The van der Waals surface area contributed by atoms with Gasteiger partial charge in [0.1, 0.15) is 0 Å². The summed E-state index contributed by atoms with van der Waals surface area (Å²) >= 11 is 0. The topological polar surface area (TPSA) is 50.7 Å². The van der Waals surface area contributed by atoms with Gasteiger partial charge in [-0.2, -0.15) is 0 Å². The molecule has 0 spiro atoms. The number of hydrogen-bond acceptors (Lipinski definition) is 4. The molecule has 1 heterocycles. The maximum atomic E-state index is 8.96. The van der Waals surface area contributed by atoms with Crippen LogP contribution in [0.1, 0.15) is 6.42 Å². The standard InChI is InChI=1S/C9H19NO3/c1-12-2-3-13-9-4-8(7-11)5-10-6-9/h8-11H,2-7H2,1H3. The van der Waals surface area contributed by atoms with Gasteiger partial charge in [0.05, 0.1) is 19.3 Å². The van der Waals surface area contributed by atoms with E-state index in [1.54, 1.807) is 7.11 Å². The van der Waals surface area contributed by atoms with Gasteiger partial charge < -0.3 is 19.9 Å². The minimum absolute atomic E-state index is 0.237. The summed E-state index contributed by atoms with van der Waals surface area (Å²) in [4.78, 5) is 0. The Morgan fingerprint density at radius 3 is 2.92 bits per heavy atom. The summed E-state index contributed by atoms with van der Waals surface area (Å²) in [7, 11) is 1.67. The minimum Gasteiger partial charge on any atom is -0.396 e. The molecule has 1 saturated heterocycles. The van der Waals surface area contributed by atoms with Crippen LogP contribution < -0.4 is 5.32 Å². The van der Waals surface area contributed by atoms with Crippen molar-refractivity contribution in [2.45, 2.75) is 12.5 Å². The second-order valence-electron chi connectivity index (χ2n) is 3.43.